The number of hydrogen-bond acceptors (Lipinski definition) is 2. The van der Waals surface area contributed by atoms with E-state index in [1.807, 2.05) is 30.3 Å². The molecule has 1 heterocycles. The number of piperidine rings is 1. The molecule has 0 atom stereocenters. The fourth-order valence-corrected chi connectivity index (χ4v) is 3.49. The van der Waals surface area contributed by atoms with Gasteiger partial charge in [0.25, 0.3) is 0 Å². The summed E-state index contributed by atoms with van der Waals surface area (Å²) in [5, 5.41) is 3.93. The number of likely N-dealkylation sites (tertiary alicyclic amines) is 1. The Morgan fingerprint density at radius 3 is 2.43 bits per heavy atom. The Bertz CT molecular complexity index is 860. The minimum atomic E-state index is -0.0609. The molecule has 1 aliphatic heterocycles. The zero-order chi connectivity index (χ0) is 19.9. The number of nitrogens with one attached hydrogen (secondary N) is 1. The lowest BCUT2D eigenvalue weighted by Crippen LogP contribution is -2.42. The van der Waals surface area contributed by atoms with Gasteiger partial charge in [-0.3, -0.25) is 9.59 Å². The minimum absolute atomic E-state index is 0.0492. The summed E-state index contributed by atoms with van der Waals surface area (Å²) in [5.41, 5.74) is 1.90. The van der Waals surface area contributed by atoms with E-state index in [0.717, 1.165) is 11.1 Å². The number of nitrogens with zero attached hydrogens (tertiary/aromatic N) is 1. The molecule has 0 aliphatic carbocycles. The molecule has 3 rings (SSSR count). The zero-order valence-corrected chi connectivity index (χ0v) is 16.9. The lowest BCUT2D eigenvalue weighted by Gasteiger charge is -2.30. The minimum Gasteiger partial charge on any atom is -0.352 e. The molecule has 2 aromatic rings. The van der Waals surface area contributed by atoms with Crippen LogP contribution in [0.1, 0.15) is 24.0 Å². The molecule has 2 amide bonds. The summed E-state index contributed by atoms with van der Waals surface area (Å²) in [6, 6.07) is 15.1. The summed E-state index contributed by atoms with van der Waals surface area (Å²) in [6.45, 7) is 1.69. The van der Waals surface area contributed by atoms with Gasteiger partial charge in [-0.05, 0) is 42.2 Å². The normalized spacial score (nSPS) is 15.0. The van der Waals surface area contributed by atoms with Crippen LogP contribution in [0, 0.1) is 5.92 Å². The van der Waals surface area contributed by atoms with Gasteiger partial charge in [-0.15, -0.1) is 0 Å². The van der Waals surface area contributed by atoms with E-state index in [1.54, 1.807) is 29.2 Å². The number of rotatable bonds is 5. The van der Waals surface area contributed by atoms with Crippen molar-refractivity contribution < 1.29 is 9.59 Å². The lowest BCUT2D eigenvalue weighted by molar-refractivity contribution is -0.132. The van der Waals surface area contributed by atoms with E-state index >= 15 is 0 Å². The summed E-state index contributed by atoms with van der Waals surface area (Å²) >= 11 is 11.9. The predicted molar refractivity (Wildman–Crippen MR) is 113 cm³/mol. The first-order chi connectivity index (χ1) is 13.5. The average molecular weight is 417 g/mol. The molecule has 1 fully saturated rings. The van der Waals surface area contributed by atoms with Gasteiger partial charge in [-0.2, -0.15) is 0 Å². The molecule has 0 radical (unpaired) electrons. The first-order valence-electron chi connectivity index (χ1n) is 9.26. The Hall–Kier alpha value is -2.30. The summed E-state index contributed by atoms with van der Waals surface area (Å²) in [5.74, 6) is -0.0525. The molecule has 0 spiro atoms. The van der Waals surface area contributed by atoms with Crippen molar-refractivity contribution >= 4 is 41.1 Å². The van der Waals surface area contributed by atoms with Crippen LogP contribution in [0.2, 0.25) is 10.0 Å². The predicted octanol–water partition coefficient (Wildman–Crippen LogP) is 4.56. The van der Waals surface area contributed by atoms with Crippen LogP contribution in [0.15, 0.2) is 54.6 Å². The number of carbonyl (C=O) groups is 2. The summed E-state index contributed by atoms with van der Waals surface area (Å²) in [4.78, 5) is 26.5. The van der Waals surface area contributed by atoms with Crippen LogP contribution >= 0.6 is 23.2 Å². The van der Waals surface area contributed by atoms with Crippen LogP contribution in [-0.2, 0) is 16.1 Å². The van der Waals surface area contributed by atoms with Gasteiger partial charge in [-0.1, -0.05) is 59.6 Å². The number of halogens is 2. The van der Waals surface area contributed by atoms with E-state index in [-0.39, 0.29) is 17.7 Å². The van der Waals surface area contributed by atoms with Gasteiger partial charge >= 0.3 is 0 Å². The summed E-state index contributed by atoms with van der Waals surface area (Å²) in [7, 11) is 0. The quantitative estimate of drug-likeness (QED) is 0.726. The Morgan fingerprint density at radius 1 is 1.04 bits per heavy atom. The molecular formula is C22H22Cl2N2O2. The maximum absolute atomic E-state index is 12.4. The van der Waals surface area contributed by atoms with Gasteiger partial charge in [0.2, 0.25) is 11.8 Å². The number of carbonyl (C=O) groups excluding carboxylic acids is 2. The molecule has 146 valence electrons. The third-order valence-electron chi connectivity index (χ3n) is 4.85. The van der Waals surface area contributed by atoms with Crippen molar-refractivity contribution in [1.82, 2.24) is 10.2 Å². The van der Waals surface area contributed by atoms with Crippen LogP contribution in [-0.4, -0.2) is 29.8 Å². The molecule has 1 saturated heterocycles. The van der Waals surface area contributed by atoms with Crippen LogP contribution < -0.4 is 5.32 Å². The van der Waals surface area contributed by atoms with Crippen molar-refractivity contribution in [3.8, 4) is 0 Å². The fraction of sp³-hybridized carbons (Fsp3) is 0.273. The SMILES string of the molecule is O=C(NCc1ccccc1)C1CCN(C(=O)/C=C/c2ccc(Cl)c(Cl)c2)CC1. The molecule has 0 bridgehead atoms. The first kappa shape index (κ1) is 20.4. The largest absolute Gasteiger partial charge is 0.352 e. The van der Waals surface area contributed by atoms with Gasteiger partial charge in [0.15, 0.2) is 0 Å². The molecule has 0 saturated carbocycles. The van der Waals surface area contributed by atoms with Gasteiger partial charge in [-0.25, -0.2) is 0 Å². The summed E-state index contributed by atoms with van der Waals surface area (Å²) in [6.07, 6.45) is 4.61. The first-order valence-corrected chi connectivity index (χ1v) is 10.0. The second kappa shape index (κ2) is 9.76. The van der Waals surface area contributed by atoms with E-state index in [4.69, 9.17) is 23.2 Å². The van der Waals surface area contributed by atoms with E-state index in [1.165, 1.54) is 6.08 Å². The smallest absolute Gasteiger partial charge is 0.246 e. The van der Waals surface area contributed by atoms with E-state index in [9.17, 15) is 9.59 Å². The number of hydrogen-bond donors (Lipinski definition) is 1. The Balaban J connectivity index is 1.46. The second-order valence-corrected chi connectivity index (χ2v) is 7.62. The molecule has 6 heteroatoms. The van der Waals surface area contributed by atoms with Gasteiger partial charge in [0, 0.05) is 31.6 Å². The standard InChI is InChI=1S/C22H22Cl2N2O2/c23-19-8-6-16(14-20(19)24)7-9-21(27)26-12-10-18(11-13-26)22(28)25-15-17-4-2-1-3-5-17/h1-9,14,18H,10-13,15H2,(H,25,28)/b9-7+. The Kier molecular flexibility index (Phi) is 7.12. The Labute approximate surface area is 175 Å². The number of amides is 2. The molecule has 4 nitrogen and oxygen atoms in total. The van der Waals surface area contributed by atoms with Crippen LogP contribution in [0.3, 0.4) is 0 Å². The van der Waals surface area contributed by atoms with E-state index in [2.05, 4.69) is 5.32 Å². The van der Waals surface area contributed by atoms with Crippen LogP contribution in [0.5, 0.6) is 0 Å². The molecule has 1 N–H and O–H groups in total. The molecule has 2 aromatic carbocycles. The van der Waals surface area contributed by atoms with Crippen molar-refractivity contribution in [1.29, 1.82) is 0 Å². The Morgan fingerprint density at radius 2 is 1.75 bits per heavy atom. The van der Waals surface area contributed by atoms with Crippen LogP contribution in [0.4, 0.5) is 0 Å². The summed E-state index contributed by atoms with van der Waals surface area (Å²) < 4.78 is 0. The van der Waals surface area contributed by atoms with Crippen molar-refractivity contribution in [2.45, 2.75) is 19.4 Å². The van der Waals surface area contributed by atoms with E-state index in [0.29, 0.717) is 42.5 Å². The van der Waals surface area contributed by atoms with E-state index < -0.39 is 0 Å². The fourth-order valence-electron chi connectivity index (χ4n) is 3.18. The van der Waals surface area contributed by atoms with Crippen molar-refractivity contribution in [2.75, 3.05) is 13.1 Å². The molecule has 1 aliphatic rings. The van der Waals surface area contributed by atoms with Gasteiger partial charge in [0.05, 0.1) is 10.0 Å². The monoisotopic (exact) mass is 416 g/mol. The third-order valence-corrected chi connectivity index (χ3v) is 5.59. The highest BCUT2D eigenvalue weighted by Gasteiger charge is 2.26. The van der Waals surface area contributed by atoms with Crippen molar-refractivity contribution in [3.05, 3.63) is 75.8 Å². The van der Waals surface area contributed by atoms with Crippen molar-refractivity contribution in [2.24, 2.45) is 5.92 Å². The number of benzene rings is 2. The third kappa shape index (κ3) is 5.60. The molecular weight excluding hydrogens is 395 g/mol. The highest BCUT2D eigenvalue weighted by atomic mass is 35.5. The second-order valence-electron chi connectivity index (χ2n) is 6.81. The van der Waals surface area contributed by atoms with Crippen molar-refractivity contribution in [3.63, 3.8) is 0 Å². The molecule has 28 heavy (non-hydrogen) atoms. The maximum atomic E-state index is 12.4. The highest BCUT2D eigenvalue weighted by molar-refractivity contribution is 6.42. The molecule has 0 aromatic heterocycles. The lowest BCUT2D eigenvalue weighted by atomic mass is 9.95. The maximum Gasteiger partial charge on any atom is 0.246 e. The zero-order valence-electron chi connectivity index (χ0n) is 15.4. The van der Waals surface area contributed by atoms with Gasteiger partial charge in [0.1, 0.15) is 0 Å². The van der Waals surface area contributed by atoms with Crippen LogP contribution in [0.25, 0.3) is 6.08 Å². The average Bonchev–Trinajstić information content (AvgIpc) is 2.73. The van der Waals surface area contributed by atoms with Gasteiger partial charge < -0.3 is 10.2 Å². The molecule has 0 unspecified atom stereocenters. The topological polar surface area (TPSA) is 49.4 Å². The highest BCUT2D eigenvalue weighted by Crippen LogP contribution is 2.23.